The van der Waals surface area contributed by atoms with Crippen molar-refractivity contribution in [1.82, 2.24) is 0 Å². The smallest absolute Gasteiger partial charge is 0.0121 e. The molecule has 2 unspecified atom stereocenters. The highest BCUT2D eigenvalue weighted by Crippen LogP contribution is 2.63. The summed E-state index contributed by atoms with van der Waals surface area (Å²) in [5, 5.41) is 0. The Morgan fingerprint density at radius 3 is 2.17 bits per heavy atom. The van der Waals surface area contributed by atoms with Crippen LogP contribution in [0, 0.1) is 23.2 Å². The van der Waals surface area contributed by atoms with E-state index in [0.29, 0.717) is 5.41 Å². The molecule has 0 saturated heterocycles. The zero-order valence-electron chi connectivity index (χ0n) is 9.15. The Hall–Kier alpha value is -0.260. The van der Waals surface area contributed by atoms with Crippen LogP contribution in [0.1, 0.15) is 41.0 Å². The lowest BCUT2D eigenvalue weighted by atomic mass is 10.0. The highest BCUT2D eigenvalue weighted by atomic mass is 14.6. The third-order valence-electron chi connectivity index (χ3n) is 3.31. The van der Waals surface area contributed by atoms with Crippen molar-refractivity contribution >= 4 is 0 Å². The van der Waals surface area contributed by atoms with Crippen molar-refractivity contribution in [2.75, 3.05) is 0 Å². The van der Waals surface area contributed by atoms with Crippen molar-refractivity contribution in [3.05, 3.63) is 12.2 Å². The Morgan fingerprint density at radius 2 is 1.92 bits per heavy atom. The van der Waals surface area contributed by atoms with Gasteiger partial charge in [0.1, 0.15) is 0 Å². The first-order valence-corrected chi connectivity index (χ1v) is 5.02. The van der Waals surface area contributed by atoms with Crippen LogP contribution >= 0.6 is 0 Å². The molecule has 0 nitrogen and oxygen atoms in total. The zero-order valence-corrected chi connectivity index (χ0v) is 9.15. The van der Waals surface area contributed by atoms with Gasteiger partial charge in [-0.2, -0.15) is 0 Å². The fourth-order valence-electron chi connectivity index (χ4n) is 2.67. The molecule has 0 bridgehead atoms. The molecule has 0 spiro atoms. The minimum Gasteiger partial charge on any atom is -0.0998 e. The molecule has 70 valence electrons. The first-order chi connectivity index (χ1) is 5.37. The van der Waals surface area contributed by atoms with Gasteiger partial charge in [-0.3, -0.25) is 0 Å². The summed E-state index contributed by atoms with van der Waals surface area (Å²) in [6, 6.07) is 0. The average molecular weight is 166 g/mol. The molecule has 2 atom stereocenters. The number of allylic oxidation sites excluding steroid dienone is 1. The van der Waals surface area contributed by atoms with Crippen LogP contribution in [0.5, 0.6) is 0 Å². The summed E-state index contributed by atoms with van der Waals surface area (Å²) in [7, 11) is 0. The van der Waals surface area contributed by atoms with Gasteiger partial charge in [0.25, 0.3) is 0 Å². The highest BCUT2D eigenvalue weighted by Gasteiger charge is 2.57. The summed E-state index contributed by atoms with van der Waals surface area (Å²) in [5.74, 6) is 2.52. The average Bonchev–Trinajstić information content (AvgIpc) is 2.32. The van der Waals surface area contributed by atoms with Crippen molar-refractivity contribution in [3.63, 3.8) is 0 Å². The second-order valence-corrected chi connectivity index (χ2v) is 5.38. The molecule has 1 rings (SSSR count). The van der Waals surface area contributed by atoms with Crippen molar-refractivity contribution in [3.8, 4) is 0 Å². The fourth-order valence-corrected chi connectivity index (χ4v) is 2.67. The molecule has 12 heavy (non-hydrogen) atoms. The molecular weight excluding hydrogens is 144 g/mol. The van der Waals surface area contributed by atoms with Crippen LogP contribution in [0.3, 0.4) is 0 Å². The van der Waals surface area contributed by atoms with Gasteiger partial charge >= 0.3 is 0 Å². The van der Waals surface area contributed by atoms with Crippen LogP contribution in [-0.2, 0) is 0 Å². The fraction of sp³-hybridized carbons (Fsp3) is 0.833. The Balaban J connectivity index is 2.54. The topological polar surface area (TPSA) is 0 Å². The molecule has 0 radical (unpaired) electrons. The molecule has 0 heteroatoms. The van der Waals surface area contributed by atoms with E-state index in [2.05, 4.69) is 41.2 Å². The zero-order chi connectivity index (χ0) is 9.52. The summed E-state index contributed by atoms with van der Waals surface area (Å²) in [6.45, 7) is 15.6. The van der Waals surface area contributed by atoms with E-state index in [1.54, 1.807) is 0 Å². The van der Waals surface area contributed by atoms with Gasteiger partial charge in [-0.25, -0.2) is 0 Å². The van der Waals surface area contributed by atoms with Crippen LogP contribution < -0.4 is 0 Å². The van der Waals surface area contributed by atoms with Gasteiger partial charge in [-0.1, -0.05) is 39.8 Å². The summed E-state index contributed by atoms with van der Waals surface area (Å²) < 4.78 is 0. The third kappa shape index (κ3) is 1.57. The van der Waals surface area contributed by atoms with Crippen LogP contribution in [0.25, 0.3) is 0 Å². The standard InChI is InChI=1S/C12H22/c1-8(2)7-10-11(9(3)4)12(10,5)6/h8,10-11H,3,7H2,1-2,4-6H3. The largest absolute Gasteiger partial charge is 0.0998 e. The molecule has 0 heterocycles. The summed E-state index contributed by atoms with van der Waals surface area (Å²) in [6.07, 6.45) is 1.37. The van der Waals surface area contributed by atoms with E-state index >= 15 is 0 Å². The Kier molecular flexibility index (Phi) is 2.38. The second-order valence-electron chi connectivity index (χ2n) is 5.38. The molecule has 1 saturated carbocycles. The lowest BCUT2D eigenvalue weighted by Gasteiger charge is -2.04. The van der Waals surface area contributed by atoms with Crippen molar-refractivity contribution in [2.45, 2.75) is 41.0 Å². The summed E-state index contributed by atoms with van der Waals surface area (Å²) in [5.41, 5.74) is 1.92. The normalized spacial score (nSPS) is 32.2. The van der Waals surface area contributed by atoms with Gasteiger partial charge in [0.2, 0.25) is 0 Å². The minimum absolute atomic E-state index is 0.538. The summed E-state index contributed by atoms with van der Waals surface area (Å²) in [4.78, 5) is 0. The quantitative estimate of drug-likeness (QED) is 0.558. The molecule has 0 aromatic rings. The van der Waals surface area contributed by atoms with Crippen LogP contribution in [0.4, 0.5) is 0 Å². The summed E-state index contributed by atoms with van der Waals surface area (Å²) >= 11 is 0. The minimum atomic E-state index is 0.538. The van der Waals surface area contributed by atoms with Gasteiger partial charge in [0.15, 0.2) is 0 Å². The van der Waals surface area contributed by atoms with Crippen LogP contribution in [0.15, 0.2) is 12.2 Å². The van der Waals surface area contributed by atoms with Crippen LogP contribution in [-0.4, -0.2) is 0 Å². The van der Waals surface area contributed by atoms with Crippen molar-refractivity contribution < 1.29 is 0 Å². The van der Waals surface area contributed by atoms with E-state index in [4.69, 9.17) is 0 Å². The van der Waals surface area contributed by atoms with Crippen LogP contribution in [0.2, 0.25) is 0 Å². The molecule has 0 aromatic carbocycles. The van der Waals surface area contributed by atoms with Gasteiger partial charge in [-0.05, 0) is 36.5 Å². The number of hydrogen-bond donors (Lipinski definition) is 0. The number of hydrogen-bond acceptors (Lipinski definition) is 0. The lowest BCUT2D eigenvalue weighted by molar-refractivity contribution is 0.462. The number of rotatable bonds is 3. The van der Waals surface area contributed by atoms with Gasteiger partial charge < -0.3 is 0 Å². The third-order valence-corrected chi connectivity index (χ3v) is 3.31. The predicted molar refractivity (Wildman–Crippen MR) is 55.0 cm³/mol. The highest BCUT2D eigenvalue weighted by molar-refractivity contribution is 5.19. The Labute approximate surface area is 77.1 Å². The van der Waals surface area contributed by atoms with E-state index in [1.165, 1.54) is 12.0 Å². The molecule has 1 aliphatic rings. The van der Waals surface area contributed by atoms with Crippen molar-refractivity contribution in [2.24, 2.45) is 23.2 Å². The molecule has 1 aliphatic carbocycles. The van der Waals surface area contributed by atoms with Crippen molar-refractivity contribution in [1.29, 1.82) is 0 Å². The maximum atomic E-state index is 4.07. The van der Waals surface area contributed by atoms with E-state index in [-0.39, 0.29) is 0 Å². The predicted octanol–water partition coefficient (Wildman–Crippen LogP) is 3.88. The second kappa shape index (κ2) is 2.90. The van der Waals surface area contributed by atoms with E-state index < -0.39 is 0 Å². The Bertz CT molecular complexity index is 186. The van der Waals surface area contributed by atoms with E-state index in [0.717, 1.165) is 17.8 Å². The first-order valence-electron chi connectivity index (χ1n) is 5.02. The lowest BCUT2D eigenvalue weighted by Crippen LogP contribution is -1.94. The molecule has 0 aromatic heterocycles. The molecule has 0 amide bonds. The molecular formula is C12H22. The molecule has 1 fully saturated rings. The van der Waals surface area contributed by atoms with E-state index in [1.807, 2.05) is 0 Å². The van der Waals surface area contributed by atoms with E-state index in [9.17, 15) is 0 Å². The Morgan fingerprint density at radius 1 is 1.42 bits per heavy atom. The SMILES string of the molecule is C=C(C)C1C(CC(C)C)C1(C)C. The first kappa shape index (κ1) is 9.83. The van der Waals surface area contributed by atoms with Gasteiger partial charge in [0, 0.05) is 0 Å². The molecule has 0 N–H and O–H groups in total. The maximum absolute atomic E-state index is 4.07. The molecule has 0 aliphatic heterocycles. The maximum Gasteiger partial charge on any atom is -0.0121 e. The van der Waals surface area contributed by atoms with Gasteiger partial charge in [-0.15, -0.1) is 0 Å². The monoisotopic (exact) mass is 166 g/mol. The van der Waals surface area contributed by atoms with Gasteiger partial charge in [0.05, 0.1) is 0 Å².